The van der Waals surface area contributed by atoms with Crippen molar-refractivity contribution in [3.8, 4) is 22.9 Å². The van der Waals surface area contributed by atoms with E-state index in [1.807, 2.05) is 19.1 Å². The Morgan fingerprint density at radius 3 is 2.47 bits per heavy atom. The Labute approximate surface area is 217 Å². The number of hydrogen-bond donors (Lipinski definition) is 1. The summed E-state index contributed by atoms with van der Waals surface area (Å²) in [6.07, 6.45) is 3.08. The predicted molar refractivity (Wildman–Crippen MR) is 141 cm³/mol. The molecule has 0 saturated carbocycles. The molecule has 36 heavy (non-hydrogen) atoms. The number of benzene rings is 1. The number of halogens is 1. The van der Waals surface area contributed by atoms with Gasteiger partial charge >= 0.3 is 0 Å². The van der Waals surface area contributed by atoms with Gasteiger partial charge in [0.1, 0.15) is 11.6 Å². The SMILES string of the molecule is CCOC1CN(c2nccc(OC)n2)CC1Nc1nc(CC)c(-c2ccc(OC)cc2Cl)nc1CC. The average molecular weight is 513 g/mol. The van der Waals surface area contributed by atoms with Crippen molar-refractivity contribution in [3.63, 3.8) is 0 Å². The molecule has 1 aromatic carbocycles. The molecule has 1 N–H and O–H groups in total. The number of ether oxygens (including phenoxy) is 3. The lowest BCUT2D eigenvalue weighted by Crippen LogP contribution is -2.35. The van der Waals surface area contributed by atoms with Crippen LogP contribution in [0.1, 0.15) is 32.2 Å². The zero-order valence-corrected chi connectivity index (χ0v) is 22.2. The molecular formula is C26H33ClN6O3. The molecule has 10 heteroatoms. The van der Waals surface area contributed by atoms with E-state index < -0.39 is 0 Å². The number of methoxy groups -OCH3 is 2. The minimum Gasteiger partial charge on any atom is -0.497 e. The fraction of sp³-hybridized carbons (Fsp3) is 0.462. The molecule has 9 nitrogen and oxygen atoms in total. The fourth-order valence-electron chi connectivity index (χ4n) is 4.38. The number of hydrogen-bond acceptors (Lipinski definition) is 9. The summed E-state index contributed by atoms with van der Waals surface area (Å²) in [5, 5.41) is 4.22. The lowest BCUT2D eigenvalue weighted by Gasteiger charge is -2.22. The van der Waals surface area contributed by atoms with Crippen molar-refractivity contribution >= 4 is 23.4 Å². The Morgan fingerprint density at radius 2 is 1.81 bits per heavy atom. The first-order valence-corrected chi connectivity index (χ1v) is 12.6. The second kappa shape index (κ2) is 11.7. The minimum absolute atomic E-state index is 0.0144. The first kappa shape index (κ1) is 25.9. The highest BCUT2D eigenvalue weighted by Crippen LogP contribution is 2.33. The summed E-state index contributed by atoms with van der Waals surface area (Å²) in [6.45, 7) is 8.08. The van der Waals surface area contributed by atoms with Crippen molar-refractivity contribution in [1.82, 2.24) is 19.9 Å². The Kier molecular flexibility index (Phi) is 8.43. The average Bonchev–Trinajstić information content (AvgIpc) is 3.30. The van der Waals surface area contributed by atoms with Crippen LogP contribution >= 0.6 is 11.6 Å². The van der Waals surface area contributed by atoms with Crippen molar-refractivity contribution in [1.29, 1.82) is 0 Å². The van der Waals surface area contributed by atoms with Gasteiger partial charge < -0.3 is 24.4 Å². The van der Waals surface area contributed by atoms with E-state index in [1.165, 1.54) is 0 Å². The predicted octanol–water partition coefficient (Wildman–Crippen LogP) is 4.43. The number of nitrogens with zero attached hydrogens (tertiary/aromatic N) is 5. The standard InChI is InChI=1S/C26H33ClN6O3/c1-6-19-24(17-10-9-16(34-4)13-18(17)27)29-20(7-2)25(30-19)31-21-14-33(15-22(21)36-8-3)26-28-12-11-23(32-26)35-5/h9-13,21-22H,6-8,14-15H2,1-5H3,(H,30,31). The molecule has 0 aliphatic carbocycles. The molecule has 1 aliphatic heterocycles. The summed E-state index contributed by atoms with van der Waals surface area (Å²) in [5.74, 6) is 2.62. The number of aryl methyl sites for hydroxylation is 2. The molecule has 0 radical (unpaired) electrons. The maximum absolute atomic E-state index is 6.59. The quantitative estimate of drug-likeness (QED) is 0.423. The lowest BCUT2D eigenvalue weighted by atomic mass is 10.1. The fourth-order valence-corrected chi connectivity index (χ4v) is 4.64. The smallest absolute Gasteiger partial charge is 0.228 e. The van der Waals surface area contributed by atoms with Gasteiger partial charge in [-0.25, -0.2) is 15.0 Å². The highest BCUT2D eigenvalue weighted by molar-refractivity contribution is 6.33. The van der Waals surface area contributed by atoms with Crippen molar-refractivity contribution < 1.29 is 14.2 Å². The van der Waals surface area contributed by atoms with Crippen LogP contribution in [0.2, 0.25) is 5.02 Å². The van der Waals surface area contributed by atoms with E-state index in [-0.39, 0.29) is 12.1 Å². The summed E-state index contributed by atoms with van der Waals surface area (Å²) in [5.41, 5.74) is 3.39. The maximum Gasteiger partial charge on any atom is 0.228 e. The van der Waals surface area contributed by atoms with Gasteiger partial charge in [-0.15, -0.1) is 0 Å². The first-order chi connectivity index (χ1) is 17.5. The maximum atomic E-state index is 6.59. The molecule has 3 heterocycles. The lowest BCUT2D eigenvalue weighted by molar-refractivity contribution is 0.0719. The zero-order chi connectivity index (χ0) is 25.7. The van der Waals surface area contributed by atoms with E-state index in [1.54, 1.807) is 32.5 Å². The summed E-state index contributed by atoms with van der Waals surface area (Å²) >= 11 is 6.59. The minimum atomic E-state index is -0.0582. The molecule has 0 bridgehead atoms. The van der Waals surface area contributed by atoms with Crippen LogP contribution in [0.5, 0.6) is 11.6 Å². The molecule has 2 atom stereocenters. The Bertz CT molecular complexity index is 1190. The largest absolute Gasteiger partial charge is 0.497 e. The highest BCUT2D eigenvalue weighted by Gasteiger charge is 2.35. The van der Waals surface area contributed by atoms with Crippen molar-refractivity contribution in [3.05, 3.63) is 46.9 Å². The van der Waals surface area contributed by atoms with E-state index in [2.05, 4.69) is 34.0 Å². The number of anilines is 2. The van der Waals surface area contributed by atoms with Gasteiger partial charge in [0.15, 0.2) is 0 Å². The Hall–Kier alpha value is -3.17. The highest BCUT2D eigenvalue weighted by atomic mass is 35.5. The summed E-state index contributed by atoms with van der Waals surface area (Å²) in [6, 6.07) is 7.35. The van der Waals surface area contributed by atoms with E-state index in [9.17, 15) is 0 Å². The van der Waals surface area contributed by atoms with Gasteiger partial charge in [-0.1, -0.05) is 25.4 Å². The van der Waals surface area contributed by atoms with Gasteiger partial charge in [0, 0.05) is 37.5 Å². The second-order valence-electron chi connectivity index (χ2n) is 8.42. The van der Waals surface area contributed by atoms with Gasteiger partial charge in [-0.2, -0.15) is 4.98 Å². The molecule has 1 fully saturated rings. The number of nitrogens with one attached hydrogen (secondary N) is 1. The third-order valence-corrected chi connectivity index (χ3v) is 6.53. The number of aromatic nitrogens is 4. The molecule has 3 aromatic rings. The van der Waals surface area contributed by atoms with Crippen LogP contribution in [0.25, 0.3) is 11.3 Å². The van der Waals surface area contributed by atoms with E-state index in [0.717, 1.165) is 34.9 Å². The Balaban J connectivity index is 1.64. The monoisotopic (exact) mass is 512 g/mol. The van der Waals surface area contributed by atoms with Crippen LogP contribution in [0.4, 0.5) is 11.8 Å². The van der Waals surface area contributed by atoms with Gasteiger partial charge in [0.2, 0.25) is 11.8 Å². The van der Waals surface area contributed by atoms with Crippen LogP contribution in [0, 0.1) is 0 Å². The molecule has 4 rings (SSSR count). The molecule has 2 aromatic heterocycles. The van der Waals surface area contributed by atoms with Gasteiger partial charge in [-0.3, -0.25) is 0 Å². The third-order valence-electron chi connectivity index (χ3n) is 6.22. The van der Waals surface area contributed by atoms with Gasteiger partial charge in [0.25, 0.3) is 0 Å². The van der Waals surface area contributed by atoms with Crippen LogP contribution in [0.15, 0.2) is 30.5 Å². The van der Waals surface area contributed by atoms with Crippen molar-refractivity contribution in [2.75, 3.05) is 44.1 Å². The number of rotatable bonds is 10. The van der Waals surface area contributed by atoms with Crippen LogP contribution < -0.4 is 19.7 Å². The van der Waals surface area contributed by atoms with Crippen LogP contribution in [-0.4, -0.2) is 66.0 Å². The molecular weight excluding hydrogens is 480 g/mol. The molecule has 0 amide bonds. The molecule has 192 valence electrons. The van der Waals surface area contributed by atoms with Gasteiger partial charge in [0.05, 0.1) is 48.5 Å². The summed E-state index contributed by atoms with van der Waals surface area (Å²) < 4.78 is 16.7. The normalized spacial score (nSPS) is 17.3. The van der Waals surface area contributed by atoms with E-state index in [0.29, 0.717) is 48.7 Å². The summed E-state index contributed by atoms with van der Waals surface area (Å²) in [4.78, 5) is 21.1. The van der Waals surface area contributed by atoms with Crippen molar-refractivity contribution in [2.45, 2.75) is 45.8 Å². The second-order valence-corrected chi connectivity index (χ2v) is 8.82. The third kappa shape index (κ3) is 5.47. The molecule has 1 aliphatic rings. The van der Waals surface area contributed by atoms with Crippen molar-refractivity contribution in [2.24, 2.45) is 0 Å². The van der Waals surface area contributed by atoms with Crippen LogP contribution in [0.3, 0.4) is 0 Å². The van der Waals surface area contributed by atoms with Crippen LogP contribution in [-0.2, 0) is 17.6 Å². The van der Waals surface area contributed by atoms with E-state index in [4.69, 9.17) is 35.8 Å². The van der Waals surface area contributed by atoms with Gasteiger partial charge in [-0.05, 0) is 38.0 Å². The molecule has 1 saturated heterocycles. The topological polar surface area (TPSA) is 94.5 Å². The molecule has 2 unspecified atom stereocenters. The first-order valence-electron chi connectivity index (χ1n) is 12.2. The Morgan fingerprint density at radius 1 is 1.00 bits per heavy atom. The molecule has 0 spiro atoms. The van der Waals surface area contributed by atoms with E-state index >= 15 is 0 Å². The summed E-state index contributed by atoms with van der Waals surface area (Å²) in [7, 11) is 3.22. The zero-order valence-electron chi connectivity index (χ0n) is 21.4.